The third-order valence-electron chi connectivity index (χ3n) is 2.79. The topological polar surface area (TPSA) is 38.3 Å². The lowest BCUT2D eigenvalue weighted by molar-refractivity contribution is -0.119. The number of benzene rings is 1. The van der Waals surface area contributed by atoms with Crippen LogP contribution in [0.3, 0.4) is 0 Å². The molecule has 0 radical (unpaired) electrons. The molecule has 2 rings (SSSR count). The Balaban J connectivity index is 1.82. The molecule has 1 atom stereocenters. The summed E-state index contributed by atoms with van der Waals surface area (Å²) in [6.45, 7) is 2.24. The van der Waals surface area contributed by atoms with Crippen molar-refractivity contribution in [1.29, 1.82) is 0 Å². The first-order chi connectivity index (χ1) is 8.24. The molecule has 1 aliphatic rings. The molecule has 0 amide bonds. The van der Waals surface area contributed by atoms with Gasteiger partial charge >= 0.3 is 0 Å². The molecular weight excluding hydrogens is 282 g/mol. The number of halogens is 1. The van der Waals surface area contributed by atoms with Crippen molar-refractivity contribution in [3.8, 4) is 0 Å². The van der Waals surface area contributed by atoms with Crippen LogP contribution in [0.15, 0.2) is 28.7 Å². The Labute approximate surface area is 110 Å². The van der Waals surface area contributed by atoms with Crippen LogP contribution in [0.4, 0.5) is 0 Å². The Hall–Kier alpha value is -0.710. The lowest BCUT2D eigenvalue weighted by Crippen LogP contribution is -2.42. The number of morpholine rings is 1. The Kier molecular flexibility index (Phi) is 4.71. The SMILES string of the molecule is O=C(Cc1ccc(Br)cc1)CC1COCCN1. The monoisotopic (exact) mass is 297 g/mol. The minimum absolute atomic E-state index is 0.187. The maximum atomic E-state index is 11.9. The van der Waals surface area contributed by atoms with Gasteiger partial charge < -0.3 is 10.1 Å². The summed E-state index contributed by atoms with van der Waals surface area (Å²) in [5.74, 6) is 0.260. The largest absolute Gasteiger partial charge is 0.379 e. The molecule has 1 aliphatic heterocycles. The fourth-order valence-electron chi connectivity index (χ4n) is 1.93. The van der Waals surface area contributed by atoms with Gasteiger partial charge in [-0.15, -0.1) is 0 Å². The lowest BCUT2D eigenvalue weighted by atomic mass is 10.0. The molecule has 1 aromatic rings. The Morgan fingerprint density at radius 3 is 2.82 bits per heavy atom. The van der Waals surface area contributed by atoms with Crippen molar-refractivity contribution in [2.75, 3.05) is 19.8 Å². The highest BCUT2D eigenvalue weighted by Gasteiger charge is 2.16. The molecule has 0 saturated carbocycles. The third kappa shape index (κ3) is 4.22. The van der Waals surface area contributed by atoms with Crippen molar-refractivity contribution >= 4 is 21.7 Å². The predicted molar refractivity (Wildman–Crippen MR) is 70.1 cm³/mol. The maximum Gasteiger partial charge on any atom is 0.138 e. The summed E-state index contributed by atoms with van der Waals surface area (Å²) in [5, 5.41) is 3.29. The van der Waals surface area contributed by atoms with Crippen molar-refractivity contribution in [2.24, 2.45) is 0 Å². The number of carbonyl (C=O) groups is 1. The van der Waals surface area contributed by atoms with E-state index in [4.69, 9.17) is 4.74 Å². The molecule has 4 heteroatoms. The molecule has 0 aromatic heterocycles. The Bertz CT molecular complexity index is 372. The maximum absolute atomic E-state index is 11.9. The van der Waals surface area contributed by atoms with Crippen LogP contribution in [0.5, 0.6) is 0 Å². The number of Topliss-reactive ketones (excluding diaryl/α,β-unsaturated/α-hetero) is 1. The van der Waals surface area contributed by atoms with Crippen LogP contribution >= 0.6 is 15.9 Å². The highest BCUT2D eigenvalue weighted by atomic mass is 79.9. The second-order valence-corrected chi connectivity index (χ2v) is 5.19. The minimum Gasteiger partial charge on any atom is -0.379 e. The molecule has 0 aliphatic carbocycles. The molecule has 0 bridgehead atoms. The lowest BCUT2D eigenvalue weighted by Gasteiger charge is -2.23. The van der Waals surface area contributed by atoms with E-state index < -0.39 is 0 Å². The van der Waals surface area contributed by atoms with E-state index in [1.54, 1.807) is 0 Å². The number of hydrogen-bond acceptors (Lipinski definition) is 3. The van der Waals surface area contributed by atoms with E-state index in [1.165, 1.54) is 0 Å². The number of ketones is 1. The molecule has 1 unspecified atom stereocenters. The zero-order valence-electron chi connectivity index (χ0n) is 9.62. The summed E-state index contributed by atoms with van der Waals surface area (Å²) < 4.78 is 6.37. The number of rotatable bonds is 4. The highest BCUT2D eigenvalue weighted by molar-refractivity contribution is 9.10. The average Bonchev–Trinajstić information content (AvgIpc) is 2.33. The van der Waals surface area contributed by atoms with Gasteiger partial charge in [-0.3, -0.25) is 4.79 Å². The summed E-state index contributed by atoms with van der Waals surface area (Å²) in [4.78, 5) is 11.9. The predicted octanol–water partition coefficient (Wildman–Crippen LogP) is 1.94. The Morgan fingerprint density at radius 1 is 1.41 bits per heavy atom. The van der Waals surface area contributed by atoms with Gasteiger partial charge in [0.05, 0.1) is 13.2 Å². The minimum atomic E-state index is 0.187. The molecule has 0 spiro atoms. The van der Waals surface area contributed by atoms with Crippen LogP contribution in [-0.4, -0.2) is 31.6 Å². The molecule has 92 valence electrons. The van der Waals surface area contributed by atoms with Crippen molar-refractivity contribution in [2.45, 2.75) is 18.9 Å². The van der Waals surface area contributed by atoms with Crippen LogP contribution < -0.4 is 5.32 Å². The smallest absolute Gasteiger partial charge is 0.138 e. The van der Waals surface area contributed by atoms with Crippen LogP contribution in [0.2, 0.25) is 0 Å². The van der Waals surface area contributed by atoms with Gasteiger partial charge in [0, 0.05) is 29.9 Å². The quantitative estimate of drug-likeness (QED) is 0.923. The van der Waals surface area contributed by atoms with Gasteiger partial charge in [0.25, 0.3) is 0 Å². The molecular formula is C13H16BrNO2. The van der Waals surface area contributed by atoms with Gasteiger partial charge in [-0.05, 0) is 17.7 Å². The molecule has 1 heterocycles. The van der Waals surface area contributed by atoms with Crippen molar-refractivity contribution in [3.05, 3.63) is 34.3 Å². The zero-order valence-corrected chi connectivity index (χ0v) is 11.2. The molecule has 1 saturated heterocycles. The number of carbonyl (C=O) groups excluding carboxylic acids is 1. The van der Waals surface area contributed by atoms with Gasteiger partial charge in [0.1, 0.15) is 5.78 Å². The second kappa shape index (κ2) is 6.28. The summed E-state index contributed by atoms with van der Waals surface area (Å²) >= 11 is 3.38. The molecule has 1 aromatic carbocycles. The summed E-state index contributed by atoms with van der Waals surface area (Å²) in [5.41, 5.74) is 1.06. The van der Waals surface area contributed by atoms with Crippen LogP contribution in [0, 0.1) is 0 Å². The first kappa shape index (κ1) is 12.7. The first-order valence-electron chi connectivity index (χ1n) is 5.81. The van der Waals surface area contributed by atoms with E-state index in [2.05, 4.69) is 21.2 Å². The number of ether oxygens (including phenoxy) is 1. The normalized spacial score (nSPS) is 20.2. The van der Waals surface area contributed by atoms with Crippen molar-refractivity contribution in [3.63, 3.8) is 0 Å². The van der Waals surface area contributed by atoms with Gasteiger partial charge in [-0.1, -0.05) is 28.1 Å². The number of nitrogens with one attached hydrogen (secondary N) is 1. The van der Waals surface area contributed by atoms with E-state index in [9.17, 15) is 4.79 Å². The number of hydrogen-bond donors (Lipinski definition) is 1. The molecule has 1 N–H and O–H groups in total. The first-order valence-corrected chi connectivity index (χ1v) is 6.60. The van der Waals surface area contributed by atoms with Crippen molar-refractivity contribution < 1.29 is 9.53 Å². The third-order valence-corrected chi connectivity index (χ3v) is 3.32. The van der Waals surface area contributed by atoms with E-state index in [1.807, 2.05) is 24.3 Å². The van der Waals surface area contributed by atoms with Gasteiger partial charge in [0.15, 0.2) is 0 Å². The summed E-state index contributed by atoms with van der Waals surface area (Å²) in [6, 6.07) is 8.07. The zero-order chi connectivity index (χ0) is 12.1. The fraction of sp³-hybridized carbons (Fsp3) is 0.462. The molecule has 3 nitrogen and oxygen atoms in total. The average molecular weight is 298 g/mol. The molecule has 1 fully saturated rings. The van der Waals surface area contributed by atoms with Gasteiger partial charge in [0.2, 0.25) is 0 Å². The second-order valence-electron chi connectivity index (χ2n) is 4.27. The summed E-state index contributed by atoms with van der Waals surface area (Å²) in [6.07, 6.45) is 1.06. The van der Waals surface area contributed by atoms with E-state index in [0.717, 1.165) is 23.2 Å². The van der Waals surface area contributed by atoms with Crippen LogP contribution in [-0.2, 0) is 16.0 Å². The van der Waals surface area contributed by atoms with Crippen molar-refractivity contribution in [1.82, 2.24) is 5.32 Å². The van der Waals surface area contributed by atoms with E-state index in [-0.39, 0.29) is 11.8 Å². The van der Waals surface area contributed by atoms with Gasteiger partial charge in [-0.2, -0.15) is 0 Å². The fourth-order valence-corrected chi connectivity index (χ4v) is 2.19. The summed E-state index contributed by atoms with van der Waals surface area (Å²) in [7, 11) is 0. The van der Waals surface area contributed by atoms with Crippen LogP contribution in [0.1, 0.15) is 12.0 Å². The van der Waals surface area contributed by atoms with Gasteiger partial charge in [-0.25, -0.2) is 0 Å². The van der Waals surface area contributed by atoms with E-state index in [0.29, 0.717) is 19.4 Å². The standard InChI is InChI=1S/C13H16BrNO2/c14-11-3-1-10(2-4-11)7-13(16)8-12-9-17-6-5-15-12/h1-4,12,15H,5-9H2. The van der Waals surface area contributed by atoms with Crippen LogP contribution in [0.25, 0.3) is 0 Å². The Morgan fingerprint density at radius 2 is 2.18 bits per heavy atom. The highest BCUT2D eigenvalue weighted by Crippen LogP contribution is 2.12. The van der Waals surface area contributed by atoms with E-state index >= 15 is 0 Å². The molecule has 17 heavy (non-hydrogen) atoms.